The standard InChI is InChI=1S/C16H24N2OS/c1-4-13-11-18(8-9-20-13)16(19)14-7-6-12(3)10-15(14)17-5-2/h6-7,10,13,17H,4-5,8-9,11H2,1-3H3. The van der Waals surface area contributed by atoms with Crippen LogP contribution in [0.25, 0.3) is 0 Å². The molecular formula is C16H24N2OS. The van der Waals surface area contributed by atoms with E-state index in [4.69, 9.17) is 0 Å². The van der Waals surface area contributed by atoms with E-state index in [-0.39, 0.29) is 5.91 Å². The average Bonchev–Trinajstić information content (AvgIpc) is 2.47. The SMILES string of the molecule is CCNc1cc(C)ccc1C(=O)N1CCSC(CC)C1. The molecule has 2 rings (SSSR count). The van der Waals surface area contributed by atoms with Gasteiger partial charge in [-0.25, -0.2) is 0 Å². The fraction of sp³-hybridized carbons (Fsp3) is 0.562. The maximum atomic E-state index is 12.7. The Labute approximate surface area is 126 Å². The number of amides is 1. The summed E-state index contributed by atoms with van der Waals surface area (Å²) >= 11 is 1.99. The second-order valence-corrected chi connectivity index (χ2v) is 6.64. The highest BCUT2D eigenvalue weighted by Crippen LogP contribution is 2.25. The van der Waals surface area contributed by atoms with E-state index >= 15 is 0 Å². The van der Waals surface area contributed by atoms with Gasteiger partial charge in [0.25, 0.3) is 5.91 Å². The number of rotatable bonds is 4. The predicted octanol–water partition coefficient (Wildman–Crippen LogP) is 3.39. The molecule has 1 N–H and O–H groups in total. The first-order valence-corrected chi connectivity index (χ1v) is 8.46. The van der Waals surface area contributed by atoms with Gasteiger partial charge in [0, 0.05) is 36.3 Å². The van der Waals surface area contributed by atoms with Crippen LogP contribution in [0.15, 0.2) is 18.2 Å². The van der Waals surface area contributed by atoms with Gasteiger partial charge in [0.15, 0.2) is 0 Å². The topological polar surface area (TPSA) is 32.3 Å². The summed E-state index contributed by atoms with van der Waals surface area (Å²) in [6.07, 6.45) is 1.13. The Balaban J connectivity index is 2.19. The van der Waals surface area contributed by atoms with Crippen molar-refractivity contribution >= 4 is 23.4 Å². The number of aryl methyl sites for hydroxylation is 1. The van der Waals surface area contributed by atoms with Crippen molar-refractivity contribution in [2.45, 2.75) is 32.4 Å². The molecule has 0 spiro atoms. The third-order valence-electron chi connectivity index (χ3n) is 3.65. The van der Waals surface area contributed by atoms with Gasteiger partial charge < -0.3 is 10.2 Å². The van der Waals surface area contributed by atoms with Crippen molar-refractivity contribution in [3.63, 3.8) is 0 Å². The number of hydrogen-bond acceptors (Lipinski definition) is 3. The van der Waals surface area contributed by atoms with Crippen LogP contribution in [0, 0.1) is 6.92 Å². The Morgan fingerprint density at radius 1 is 1.45 bits per heavy atom. The first kappa shape index (κ1) is 15.2. The van der Waals surface area contributed by atoms with Gasteiger partial charge in [-0.1, -0.05) is 13.0 Å². The molecule has 3 nitrogen and oxygen atoms in total. The minimum atomic E-state index is 0.166. The molecular weight excluding hydrogens is 268 g/mol. The summed E-state index contributed by atoms with van der Waals surface area (Å²) in [6, 6.07) is 6.04. The highest BCUT2D eigenvalue weighted by atomic mass is 32.2. The van der Waals surface area contributed by atoms with Crippen LogP contribution in [-0.4, -0.2) is 41.4 Å². The molecule has 4 heteroatoms. The van der Waals surface area contributed by atoms with E-state index in [1.54, 1.807) is 0 Å². The first-order chi connectivity index (χ1) is 9.65. The van der Waals surface area contributed by atoms with Crippen LogP contribution < -0.4 is 5.32 Å². The van der Waals surface area contributed by atoms with E-state index in [0.717, 1.165) is 43.1 Å². The molecule has 1 fully saturated rings. The lowest BCUT2D eigenvalue weighted by molar-refractivity contribution is 0.0762. The van der Waals surface area contributed by atoms with Gasteiger partial charge in [0.05, 0.1) is 5.56 Å². The summed E-state index contributed by atoms with van der Waals surface area (Å²) in [4.78, 5) is 14.8. The molecule has 1 atom stereocenters. The van der Waals surface area contributed by atoms with Gasteiger partial charge >= 0.3 is 0 Å². The molecule has 0 bridgehead atoms. The Morgan fingerprint density at radius 2 is 2.25 bits per heavy atom. The van der Waals surface area contributed by atoms with Crippen LogP contribution in [-0.2, 0) is 0 Å². The van der Waals surface area contributed by atoms with E-state index in [9.17, 15) is 4.79 Å². The summed E-state index contributed by atoms with van der Waals surface area (Å²) in [5.74, 6) is 1.21. The fourth-order valence-corrected chi connectivity index (χ4v) is 3.68. The molecule has 1 amide bonds. The first-order valence-electron chi connectivity index (χ1n) is 7.41. The molecule has 20 heavy (non-hydrogen) atoms. The van der Waals surface area contributed by atoms with Crippen LogP contribution in [0.2, 0.25) is 0 Å². The highest BCUT2D eigenvalue weighted by Gasteiger charge is 2.25. The second kappa shape index (κ2) is 7.02. The fourth-order valence-electron chi connectivity index (χ4n) is 2.50. The van der Waals surface area contributed by atoms with E-state index in [2.05, 4.69) is 32.2 Å². The van der Waals surface area contributed by atoms with Gasteiger partial charge in [0.1, 0.15) is 0 Å². The van der Waals surface area contributed by atoms with Gasteiger partial charge in [-0.3, -0.25) is 4.79 Å². The average molecular weight is 292 g/mol. The van der Waals surface area contributed by atoms with E-state index in [1.165, 1.54) is 5.56 Å². The number of carbonyl (C=O) groups excluding carboxylic acids is 1. The number of anilines is 1. The monoisotopic (exact) mass is 292 g/mol. The zero-order valence-corrected chi connectivity index (χ0v) is 13.4. The van der Waals surface area contributed by atoms with Crippen LogP contribution in [0.3, 0.4) is 0 Å². The predicted molar refractivity (Wildman–Crippen MR) is 87.8 cm³/mol. The van der Waals surface area contributed by atoms with E-state index < -0.39 is 0 Å². The van der Waals surface area contributed by atoms with Crippen LogP contribution >= 0.6 is 11.8 Å². The van der Waals surface area contributed by atoms with Crippen LogP contribution in [0.5, 0.6) is 0 Å². The number of nitrogens with one attached hydrogen (secondary N) is 1. The quantitative estimate of drug-likeness (QED) is 0.923. The molecule has 0 saturated carbocycles. The molecule has 110 valence electrons. The molecule has 1 aliphatic heterocycles. The summed E-state index contributed by atoms with van der Waals surface area (Å²) < 4.78 is 0. The largest absolute Gasteiger partial charge is 0.385 e. The van der Waals surface area contributed by atoms with Gasteiger partial charge in [-0.05, 0) is 38.0 Å². The zero-order valence-electron chi connectivity index (χ0n) is 12.6. The Hall–Kier alpha value is -1.16. The lowest BCUT2D eigenvalue weighted by Gasteiger charge is -2.32. The van der Waals surface area contributed by atoms with Crippen molar-refractivity contribution in [2.75, 3.05) is 30.7 Å². The molecule has 1 aromatic carbocycles. The van der Waals surface area contributed by atoms with Crippen molar-refractivity contribution in [2.24, 2.45) is 0 Å². The van der Waals surface area contributed by atoms with Crippen molar-refractivity contribution in [3.05, 3.63) is 29.3 Å². The molecule has 1 unspecified atom stereocenters. The molecule has 1 saturated heterocycles. The second-order valence-electron chi connectivity index (χ2n) is 5.23. The third-order valence-corrected chi connectivity index (χ3v) is 5.03. The van der Waals surface area contributed by atoms with Gasteiger partial charge in [0.2, 0.25) is 0 Å². The van der Waals surface area contributed by atoms with Crippen molar-refractivity contribution in [3.8, 4) is 0 Å². The minimum Gasteiger partial charge on any atom is -0.385 e. The van der Waals surface area contributed by atoms with Crippen molar-refractivity contribution < 1.29 is 4.79 Å². The number of carbonyl (C=O) groups is 1. The Kier molecular flexibility index (Phi) is 5.35. The van der Waals surface area contributed by atoms with Crippen molar-refractivity contribution in [1.29, 1.82) is 0 Å². The summed E-state index contributed by atoms with van der Waals surface area (Å²) in [5.41, 5.74) is 2.95. The zero-order chi connectivity index (χ0) is 14.5. The molecule has 0 aliphatic carbocycles. The summed E-state index contributed by atoms with van der Waals surface area (Å²) in [7, 11) is 0. The van der Waals surface area contributed by atoms with Gasteiger partial charge in [-0.15, -0.1) is 0 Å². The molecule has 0 aromatic heterocycles. The number of benzene rings is 1. The molecule has 1 heterocycles. The lowest BCUT2D eigenvalue weighted by Crippen LogP contribution is -2.42. The smallest absolute Gasteiger partial charge is 0.256 e. The summed E-state index contributed by atoms with van der Waals surface area (Å²) in [6.45, 7) is 8.87. The number of thioether (sulfide) groups is 1. The maximum absolute atomic E-state index is 12.7. The van der Waals surface area contributed by atoms with Crippen molar-refractivity contribution in [1.82, 2.24) is 4.90 Å². The van der Waals surface area contributed by atoms with E-state index in [0.29, 0.717) is 5.25 Å². The molecule has 0 radical (unpaired) electrons. The van der Waals surface area contributed by atoms with Crippen LogP contribution in [0.1, 0.15) is 36.2 Å². The third kappa shape index (κ3) is 3.48. The Morgan fingerprint density at radius 3 is 2.95 bits per heavy atom. The highest BCUT2D eigenvalue weighted by molar-refractivity contribution is 8.00. The van der Waals surface area contributed by atoms with Crippen LogP contribution in [0.4, 0.5) is 5.69 Å². The molecule has 1 aromatic rings. The normalized spacial score (nSPS) is 18.9. The summed E-state index contributed by atoms with van der Waals surface area (Å²) in [5, 5.41) is 3.89. The van der Waals surface area contributed by atoms with E-state index in [1.807, 2.05) is 28.8 Å². The maximum Gasteiger partial charge on any atom is 0.256 e. The Bertz CT molecular complexity index is 476. The lowest BCUT2D eigenvalue weighted by atomic mass is 10.1. The minimum absolute atomic E-state index is 0.166. The number of nitrogens with zero attached hydrogens (tertiary/aromatic N) is 1. The number of hydrogen-bond donors (Lipinski definition) is 1. The molecule has 1 aliphatic rings. The van der Waals surface area contributed by atoms with Gasteiger partial charge in [-0.2, -0.15) is 11.8 Å².